The molecule has 0 saturated carbocycles. The second kappa shape index (κ2) is 4.09. The number of aromatic nitrogens is 2. The van der Waals surface area contributed by atoms with Crippen molar-refractivity contribution < 1.29 is 4.39 Å². The van der Waals surface area contributed by atoms with Gasteiger partial charge in [0.2, 0.25) is 0 Å². The Morgan fingerprint density at radius 1 is 1.06 bits per heavy atom. The minimum Gasteiger partial charge on any atom is -0.207 e. The van der Waals surface area contributed by atoms with E-state index in [0.29, 0.717) is 5.56 Å². The summed E-state index contributed by atoms with van der Waals surface area (Å²) in [4.78, 5) is 0. The fourth-order valence-corrected chi connectivity index (χ4v) is 2.52. The van der Waals surface area contributed by atoms with Crippen LogP contribution in [0.2, 0.25) is 0 Å². The Labute approximate surface area is 98.8 Å². The molecule has 0 radical (unpaired) electrons. The van der Waals surface area contributed by atoms with Crippen molar-refractivity contribution in [1.29, 1.82) is 0 Å². The Morgan fingerprint density at radius 2 is 1.69 bits per heavy atom. The Hall–Kier alpha value is -1.03. The van der Waals surface area contributed by atoms with Crippen molar-refractivity contribution in [2.75, 3.05) is 0 Å². The molecule has 0 spiro atoms. The van der Waals surface area contributed by atoms with E-state index >= 15 is 0 Å². The van der Waals surface area contributed by atoms with E-state index in [9.17, 15) is 4.39 Å². The summed E-state index contributed by atoms with van der Waals surface area (Å²) in [6.45, 7) is 8.05. The summed E-state index contributed by atoms with van der Waals surface area (Å²) >= 11 is 1.16. The van der Waals surface area contributed by atoms with E-state index in [4.69, 9.17) is 0 Å². The molecule has 0 saturated heterocycles. The van der Waals surface area contributed by atoms with Crippen LogP contribution in [0.15, 0.2) is 6.07 Å². The van der Waals surface area contributed by atoms with Crippen LogP contribution in [0.1, 0.15) is 50.7 Å². The minimum atomic E-state index is -0.154. The molecular weight excluding hydrogens is 223 g/mol. The summed E-state index contributed by atoms with van der Waals surface area (Å²) in [5.74, 6) is 0.244. The molecule has 0 bridgehead atoms. The molecule has 0 amide bonds. The van der Waals surface area contributed by atoms with Gasteiger partial charge in [-0.3, -0.25) is 0 Å². The van der Waals surface area contributed by atoms with E-state index < -0.39 is 0 Å². The second-order valence-corrected chi connectivity index (χ2v) is 5.16. The molecule has 0 fully saturated rings. The summed E-state index contributed by atoms with van der Waals surface area (Å²) in [6.07, 6.45) is 0. The fraction of sp³-hybridized carbons (Fsp3) is 0.500. The highest BCUT2D eigenvalue weighted by molar-refractivity contribution is 7.00. The number of hydrogen-bond donors (Lipinski definition) is 0. The van der Waals surface area contributed by atoms with Crippen LogP contribution in [0.25, 0.3) is 11.0 Å². The lowest BCUT2D eigenvalue weighted by Crippen LogP contribution is -1.99. The van der Waals surface area contributed by atoms with Crippen molar-refractivity contribution in [1.82, 2.24) is 8.75 Å². The molecule has 1 heterocycles. The standard InChI is InChI=1S/C12H15FN2S/c1-6(2)8-5-9(13)10(7(3)4)12-11(8)14-16-15-12/h5-7H,1-4H3. The number of benzene rings is 1. The van der Waals surface area contributed by atoms with E-state index in [1.54, 1.807) is 6.07 Å². The zero-order valence-corrected chi connectivity index (χ0v) is 10.7. The quantitative estimate of drug-likeness (QED) is 0.788. The Kier molecular flexibility index (Phi) is 2.93. The van der Waals surface area contributed by atoms with Crippen molar-refractivity contribution in [3.05, 3.63) is 23.0 Å². The Morgan fingerprint density at radius 3 is 2.25 bits per heavy atom. The van der Waals surface area contributed by atoms with Gasteiger partial charge in [-0.2, -0.15) is 8.75 Å². The van der Waals surface area contributed by atoms with Gasteiger partial charge >= 0.3 is 0 Å². The molecule has 0 atom stereocenters. The maximum absolute atomic E-state index is 14.0. The van der Waals surface area contributed by atoms with E-state index in [0.717, 1.165) is 28.3 Å². The molecule has 0 unspecified atom stereocenters. The van der Waals surface area contributed by atoms with Crippen molar-refractivity contribution >= 4 is 22.8 Å². The molecule has 0 aliphatic rings. The van der Waals surface area contributed by atoms with Crippen LogP contribution in [0.5, 0.6) is 0 Å². The van der Waals surface area contributed by atoms with E-state index in [1.807, 2.05) is 27.7 Å². The number of fused-ring (bicyclic) bond motifs is 1. The van der Waals surface area contributed by atoms with Crippen LogP contribution >= 0.6 is 11.7 Å². The number of halogens is 1. The molecule has 2 nitrogen and oxygen atoms in total. The largest absolute Gasteiger partial charge is 0.207 e. The van der Waals surface area contributed by atoms with Crippen molar-refractivity contribution in [3.63, 3.8) is 0 Å². The highest BCUT2D eigenvalue weighted by Crippen LogP contribution is 2.32. The number of rotatable bonds is 2. The lowest BCUT2D eigenvalue weighted by molar-refractivity contribution is 0.598. The van der Waals surface area contributed by atoms with E-state index in [1.165, 1.54) is 0 Å². The Bertz CT molecular complexity index is 517. The first-order chi connectivity index (χ1) is 7.52. The lowest BCUT2D eigenvalue weighted by atomic mass is 9.94. The predicted molar refractivity (Wildman–Crippen MR) is 65.6 cm³/mol. The first-order valence-electron chi connectivity index (χ1n) is 5.47. The van der Waals surface area contributed by atoms with Crippen molar-refractivity contribution in [3.8, 4) is 0 Å². The number of hydrogen-bond acceptors (Lipinski definition) is 3. The van der Waals surface area contributed by atoms with Gasteiger partial charge in [0, 0.05) is 5.56 Å². The monoisotopic (exact) mass is 238 g/mol. The van der Waals surface area contributed by atoms with E-state index in [-0.39, 0.29) is 17.7 Å². The third kappa shape index (κ3) is 1.71. The SMILES string of the molecule is CC(C)c1cc(F)c(C(C)C)c2nsnc12. The summed E-state index contributed by atoms with van der Waals surface area (Å²) in [6, 6.07) is 1.61. The highest BCUT2D eigenvalue weighted by atomic mass is 32.1. The highest BCUT2D eigenvalue weighted by Gasteiger charge is 2.19. The summed E-state index contributed by atoms with van der Waals surface area (Å²) in [5.41, 5.74) is 3.24. The smallest absolute Gasteiger partial charge is 0.129 e. The first-order valence-corrected chi connectivity index (χ1v) is 6.20. The molecule has 2 rings (SSSR count). The van der Waals surface area contributed by atoms with Gasteiger partial charge in [-0.05, 0) is 23.5 Å². The molecule has 0 aliphatic heterocycles. The molecule has 0 N–H and O–H groups in total. The average molecular weight is 238 g/mol. The molecule has 0 aliphatic carbocycles. The average Bonchev–Trinajstić information content (AvgIpc) is 2.63. The van der Waals surface area contributed by atoms with Crippen molar-refractivity contribution in [2.45, 2.75) is 39.5 Å². The summed E-state index contributed by atoms with van der Waals surface area (Å²) < 4.78 is 22.5. The van der Waals surface area contributed by atoms with Gasteiger partial charge < -0.3 is 0 Å². The minimum absolute atomic E-state index is 0.132. The molecule has 86 valence electrons. The zero-order chi connectivity index (χ0) is 11.9. The van der Waals surface area contributed by atoms with Gasteiger partial charge in [0.05, 0.1) is 11.7 Å². The van der Waals surface area contributed by atoms with Crippen LogP contribution in [0, 0.1) is 5.82 Å². The fourth-order valence-electron chi connectivity index (χ4n) is 1.94. The van der Waals surface area contributed by atoms with Crippen LogP contribution < -0.4 is 0 Å². The molecular formula is C12H15FN2S. The summed E-state index contributed by atoms with van der Waals surface area (Å²) in [7, 11) is 0. The van der Waals surface area contributed by atoms with Gasteiger partial charge in [-0.25, -0.2) is 4.39 Å². The number of nitrogens with zero attached hydrogens (tertiary/aromatic N) is 2. The third-order valence-electron chi connectivity index (χ3n) is 2.76. The van der Waals surface area contributed by atoms with Gasteiger partial charge in [-0.15, -0.1) is 0 Å². The molecule has 2 aromatic rings. The van der Waals surface area contributed by atoms with Crippen LogP contribution in [-0.2, 0) is 0 Å². The molecule has 1 aromatic carbocycles. The first kappa shape index (κ1) is 11.5. The van der Waals surface area contributed by atoms with E-state index in [2.05, 4.69) is 8.75 Å². The topological polar surface area (TPSA) is 25.8 Å². The Balaban J connectivity index is 2.81. The predicted octanol–water partition coefficient (Wildman–Crippen LogP) is 4.08. The van der Waals surface area contributed by atoms with Gasteiger partial charge in [0.25, 0.3) is 0 Å². The maximum Gasteiger partial charge on any atom is 0.129 e. The molecule has 16 heavy (non-hydrogen) atoms. The molecule has 4 heteroatoms. The van der Waals surface area contributed by atoms with Crippen LogP contribution in [0.3, 0.4) is 0 Å². The summed E-state index contributed by atoms with van der Waals surface area (Å²) in [5, 5.41) is 0. The second-order valence-electron chi connectivity index (χ2n) is 4.63. The van der Waals surface area contributed by atoms with Crippen LogP contribution in [0.4, 0.5) is 4.39 Å². The third-order valence-corrected chi connectivity index (χ3v) is 3.28. The zero-order valence-electron chi connectivity index (χ0n) is 9.91. The van der Waals surface area contributed by atoms with Crippen molar-refractivity contribution in [2.24, 2.45) is 0 Å². The normalized spacial score (nSPS) is 11.9. The van der Waals surface area contributed by atoms with Crippen LogP contribution in [-0.4, -0.2) is 8.75 Å². The maximum atomic E-state index is 14.0. The van der Waals surface area contributed by atoms with Gasteiger partial charge in [-0.1, -0.05) is 27.7 Å². The van der Waals surface area contributed by atoms with Gasteiger partial charge in [0.15, 0.2) is 0 Å². The lowest BCUT2D eigenvalue weighted by Gasteiger charge is -2.12. The molecule has 1 aromatic heterocycles. The van der Waals surface area contributed by atoms with Gasteiger partial charge in [0.1, 0.15) is 16.9 Å².